The van der Waals surface area contributed by atoms with E-state index in [0.717, 1.165) is 39.3 Å². The molecule has 0 bridgehead atoms. The zero-order chi connectivity index (χ0) is 14.8. The molecule has 6 nitrogen and oxygen atoms in total. The molecule has 2 amide bonds. The summed E-state index contributed by atoms with van der Waals surface area (Å²) < 4.78 is 0. The van der Waals surface area contributed by atoms with Gasteiger partial charge in [0.2, 0.25) is 11.8 Å². The van der Waals surface area contributed by atoms with Crippen LogP contribution >= 0.6 is 12.4 Å². The largest absolute Gasteiger partial charge is 0.343 e. The van der Waals surface area contributed by atoms with Crippen LogP contribution in [-0.2, 0) is 9.59 Å². The number of hydrogen-bond donors (Lipinski definition) is 1. The summed E-state index contributed by atoms with van der Waals surface area (Å²) in [6, 6.07) is 0. The lowest BCUT2D eigenvalue weighted by molar-refractivity contribution is -0.148. The molecule has 1 N–H and O–H groups in total. The van der Waals surface area contributed by atoms with Gasteiger partial charge in [-0.15, -0.1) is 12.4 Å². The fourth-order valence-electron chi connectivity index (χ4n) is 2.95. The van der Waals surface area contributed by atoms with Crippen molar-refractivity contribution in [2.45, 2.75) is 25.8 Å². The molecule has 2 aliphatic rings. The van der Waals surface area contributed by atoms with Crippen molar-refractivity contribution in [2.24, 2.45) is 0 Å². The molecule has 7 heteroatoms. The van der Waals surface area contributed by atoms with Crippen molar-refractivity contribution >= 4 is 24.2 Å². The Hall–Kier alpha value is -0.850. The molecule has 0 aromatic rings. The number of piperazine rings is 2. The smallest absolute Gasteiger partial charge is 0.242 e. The minimum Gasteiger partial charge on any atom is -0.343 e. The van der Waals surface area contributed by atoms with Gasteiger partial charge in [0.15, 0.2) is 0 Å². The first-order valence-corrected chi connectivity index (χ1v) is 7.42. The zero-order valence-corrected chi connectivity index (χ0v) is 14.0. The second-order valence-electron chi connectivity index (χ2n) is 6.15. The van der Waals surface area contributed by atoms with E-state index in [-0.39, 0.29) is 24.2 Å². The number of amides is 2. The highest BCUT2D eigenvalue weighted by molar-refractivity contribution is 5.86. The molecule has 0 atom stereocenters. The number of carbonyl (C=O) groups excluding carboxylic acids is 2. The van der Waals surface area contributed by atoms with Gasteiger partial charge >= 0.3 is 0 Å². The maximum absolute atomic E-state index is 12.2. The average Bonchev–Trinajstić information content (AvgIpc) is 2.45. The molecule has 2 rings (SSSR count). The topological polar surface area (TPSA) is 55.9 Å². The normalized spacial score (nSPS) is 22.9. The third kappa shape index (κ3) is 4.08. The van der Waals surface area contributed by atoms with Gasteiger partial charge in [-0.25, -0.2) is 0 Å². The van der Waals surface area contributed by atoms with Crippen molar-refractivity contribution in [3.8, 4) is 0 Å². The van der Waals surface area contributed by atoms with E-state index in [9.17, 15) is 9.59 Å². The van der Waals surface area contributed by atoms with E-state index in [1.165, 1.54) is 0 Å². The standard InChI is InChI=1S/C14H26N4O2.ClH/c1-14(2)13(20)16(3)10-11-18(14)7-4-12(19)17-8-5-15-6-9-17;/h15H,4-11H2,1-3H3;1H. The maximum atomic E-state index is 12.2. The molecule has 0 spiro atoms. The van der Waals surface area contributed by atoms with Crippen LogP contribution in [0.5, 0.6) is 0 Å². The second-order valence-corrected chi connectivity index (χ2v) is 6.15. The number of halogens is 1. The second kappa shape index (κ2) is 7.42. The lowest BCUT2D eigenvalue weighted by Crippen LogP contribution is -2.62. The van der Waals surface area contributed by atoms with Gasteiger partial charge in [0, 0.05) is 59.3 Å². The number of nitrogens with one attached hydrogen (secondary N) is 1. The predicted molar refractivity (Wildman–Crippen MR) is 84.6 cm³/mol. The number of hydrogen-bond acceptors (Lipinski definition) is 4. The van der Waals surface area contributed by atoms with E-state index >= 15 is 0 Å². The molecule has 2 aliphatic heterocycles. The van der Waals surface area contributed by atoms with Crippen LogP contribution < -0.4 is 5.32 Å². The van der Waals surface area contributed by atoms with E-state index in [2.05, 4.69) is 10.2 Å². The molecule has 0 aromatic heterocycles. The monoisotopic (exact) mass is 318 g/mol. The van der Waals surface area contributed by atoms with Crippen LogP contribution in [-0.4, -0.2) is 84.9 Å². The van der Waals surface area contributed by atoms with E-state index in [1.54, 1.807) is 4.90 Å². The Kier molecular flexibility index (Phi) is 6.43. The molecule has 0 aliphatic carbocycles. The van der Waals surface area contributed by atoms with Gasteiger partial charge in [-0.3, -0.25) is 14.5 Å². The van der Waals surface area contributed by atoms with E-state index in [0.29, 0.717) is 13.0 Å². The van der Waals surface area contributed by atoms with Gasteiger partial charge < -0.3 is 15.1 Å². The Morgan fingerprint density at radius 1 is 1.19 bits per heavy atom. The third-order valence-corrected chi connectivity index (χ3v) is 4.43. The Bertz CT molecular complexity index is 383. The summed E-state index contributed by atoms with van der Waals surface area (Å²) in [5.74, 6) is 0.340. The van der Waals surface area contributed by atoms with E-state index < -0.39 is 5.54 Å². The van der Waals surface area contributed by atoms with Crippen LogP contribution in [0.3, 0.4) is 0 Å². The number of likely N-dealkylation sites (N-methyl/N-ethyl adjacent to an activating group) is 1. The molecular weight excluding hydrogens is 292 g/mol. The van der Waals surface area contributed by atoms with Gasteiger partial charge in [0.05, 0.1) is 5.54 Å². The van der Waals surface area contributed by atoms with Gasteiger partial charge in [-0.05, 0) is 13.8 Å². The van der Waals surface area contributed by atoms with Gasteiger partial charge in [-0.1, -0.05) is 0 Å². The van der Waals surface area contributed by atoms with Crippen molar-refractivity contribution in [3.63, 3.8) is 0 Å². The van der Waals surface area contributed by atoms with Gasteiger partial charge in [0.1, 0.15) is 0 Å². The fourth-order valence-corrected chi connectivity index (χ4v) is 2.95. The highest BCUT2D eigenvalue weighted by Gasteiger charge is 2.40. The van der Waals surface area contributed by atoms with Crippen molar-refractivity contribution < 1.29 is 9.59 Å². The summed E-state index contributed by atoms with van der Waals surface area (Å²) in [7, 11) is 1.84. The van der Waals surface area contributed by atoms with Crippen LogP contribution in [0.25, 0.3) is 0 Å². The molecule has 0 aromatic carbocycles. The lowest BCUT2D eigenvalue weighted by atomic mass is 9.97. The molecular formula is C14H27ClN4O2. The summed E-state index contributed by atoms with van der Waals surface area (Å²) in [5.41, 5.74) is -0.503. The van der Waals surface area contributed by atoms with Crippen LogP contribution in [0.1, 0.15) is 20.3 Å². The van der Waals surface area contributed by atoms with Crippen molar-refractivity contribution in [1.29, 1.82) is 0 Å². The van der Waals surface area contributed by atoms with E-state index in [1.807, 2.05) is 25.8 Å². The van der Waals surface area contributed by atoms with Crippen LogP contribution in [0.4, 0.5) is 0 Å². The highest BCUT2D eigenvalue weighted by Crippen LogP contribution is 2.21. The molecule has 122 valence electrons. The average molecular weight is 319 g/mol. The van der Waals surface area contributed by atoms with Crippen LogP contribution in [0, 0.1) is 0 Å². The molecule has 2 heterocycles. The summed E-state index contributed by atoms with van der Waals surface area (Å²) in [4.78, 5) is 30.2. The van der Waals surface area contributed by atoms with Crippen LogP contribution in [0.15, 0.2) is 0 Å². The first-order valence-electron chi connectivity index (χ1n) is 7.42. The molecule has 0 saturated carbocycles. The van der Waals surface area contributed by atoms with Crippen molar-refractivity contribution in [1.82, 2.24) is 20.0 Å². The summed E-state index contributed by atoms with van der Waals surface area (Å²) >= 11 is 0. The highest BCUT2D eigenvalue weighted by atomic mass is 35.5. The number of nitrogens with zero attached hydrogens (tertiary/aromatic N) is 3. The first-order chi connectivity index (χ1) is 9.43. The minimum atomic E-state index is -0.503. The number of carbonyl (C=O) groups is 2. The zero-order valence-electron chi connectivity index (χ0n) is 13.2. The van der Waals surface area contributed by atoms with Crippen molar-refractivity contribution in [3.05, 3.63) is 0 Å². The number of rotatable bonds is 3. The SMILES string of the molecule is CN1CCN(CCC(=O)N2CCNCC2)C(C)(C)C1=O.Cl. The minimum absolute atomic E-state index is 0. The van der Waals surface area contributed by atoms with Crippen LogP contribution in [0.2, 0.25) is 0 Å². The third-order valence-electron chi connectivity index (χ3n) is 4.43. The Morgan fingerprint density at radius 3 is 2.43 bits per heavy atom. The Morgan fingerprint density at radius 2 is 1.81 bits per heavy atom. The Labute approximate surface area is 133 Å². The molecule has 2 fully saturated rings. The predicted octanol–water partition coefficient (Wildman–Crippen LogP) is -0.217. The molecule has 0 radical (unpaired) electrons. The summed E-state index contributed by atoms with van der Waals surface area (Å²) in [6.07, 6.45) is 0.500. The molecule has 0 unspecified atom stereocenters. The lowest BCUT2D eigenvalue weighted by Gasteiger charge is -2.44. The van der Waals surface area contributed by atoms with Crippen molar-refractivity contribution in [2.75, 3.05) is 52.9 Å². The summed E-state index contributed by atoms with van der Waals surface area (Å²) in [6.45, 7) is 9.48. The summed E-state index contributed by atoms with van der Waals surface area (Å²) in [5, 5.41) is 3.24. The fraction of sp³-hybridized carbons (Fsp3) is 0.857. The first kappa shape index (κ1) is 18.2. The molecule has 21 heavy (non-hydrogen) atoms. The molecule has 2 saturated heterocycles. The van der Waals surface area contributed by atoms with Gasteiger partial charge in [-0.2, -0.15) is 0 Å². The maximum Gasteiger partial charge on any atom is 0.242 e. The van der Waals surface area contributed by atoms with E-state index in [4.69, 9.17) is 0 Å². The quantitative estimate of drug-likeness (QED) is 0.782. The van der Waals surface area contributed by atoms with Gasteiger partial charge in [0.25, 0.3) is 0 Å². The Balaban J connectivity index is 0.00000220.